The fourth-order valence-electron chi connectivity index (χ4n) is 5.99. The molecule has 3 fully saturated rings. The number of pyridine rings is 1. The van der Waals surface area contributed by atoms with Crippen molar-refractivity contribution < 1.29 is 4.74 Å². The van der Waals surface area contributed by atoms with Crippen molar-refractivity contribution in [2.24, 2.45) is 11.8 Å². The molecule has 0 radical (unpaired) electrons. The van der Waals surface area contributed by atoms with Crippen LogP contribution in [0.1, 0.15) is 32.3 Å². The van der Waals surface area contributed by atoms with Gasteiger partial charge in [0, 0.05) is 44.6 Å². The van der Waals surface area contributed by atoms with Crippen molar-refractivity contribution in [2.75, 3.05) is 13.3 Å². The Morgan fingerprint density at radius 3 is 2.57 bits per heavy atom. The van der Waals surface area contributed by atoms with Crippen LogP contribution >= 0.6 is 19.7 Å². The molecule has 1 aliphatic carbocycles. The van der Waals surface area contributed by atoms with Crippen LogP contribution in [0.5, 0.6) is 5.88 Å². The average Bonchev–Trinajstić information content (AvgIpc) is 3.16. The second kappa shape index (κ2) is 9.30. The maximum Gasteiger partial charge on any atom is 0.213 e. The number of nitrogens with zero attached hydrogens (tertiary/aromatic N) is 2. The first-order chi connectivity index (χ1) is 17.0. The number of ether oxygens (including phenoxy) is 1. The topological polar surface area (TPSA) is 25.4 Å². The van der Waals surface area contributed by atoms with E-state index < -0.39 is 0 Å². The molecule has 7 rings (SSSR count). The molecule has 4 atom stereocenters. The van der Waals surface area contributed by atoms with E-state index in [1.54, 1.807) is 0 Å². The van der Waals surface area contributed by atoms with Crippen LogP contribution in [0.4, 0.5) is 0 Å². The Balaban J connectivity index is 1.30. The highest BCUT2D eigenvalue weighted by atomic mass is 32.2. The molecule has 0 spiro atoms. The number of rotatable bonds is 6. The zero-order chi connectivity index (χ0) is 24.1. The minimum absolute atomic E-state index is 0.277. The molecule has 3 aliphatic heterocycles. The molecule has 5 heteroatoms. The molecule has 1 saturated carbocycles. The number of fused-ring (bicyclic) bond motifs is 3. The lowest BCUT2D eigenvalue weighted by atomic mass is 9.64. The molecule has 2 aromatic carbocycles. The van der Waals surface area contributed by atoms with E-state index in [2.05, 4.69) is 85.0 Å². The van der Waals surface area contributed by atoms with Crippen molar-refractivity contribution in [2.45, 2.75) is 43.8 Å². The molecular formula is C30H33N2OPS. The number of hydrogen-bond acceptors (Lipinski definition) is 4. The molecule has 0 amide bonds. The van der Waals surface area contributed by atoms with E-state index in [0.717, 1.165) is 11.3 Å². The molecule has 2 bridgehead atoms. The highest BCUT2D eigenvalue weighted by molar-refractivity contribution is 8.16. The Labute approximate surface area is 214 Å². The van der Waals surface area contributed by atoms with Crippen LogP contribution in [0.15, 0.2) is 84.5 Å². The summed E-state index contributed by atoms with van der Waals surface area (Å²) in [6, 6.07) is 22.2. The van der Waals surface area contributed by atoms with Crippen molar-refractivity contribution in [3.63, 3.8) is 0 Å². The van der Waals surface area contributed by atoms with Gasteiger partial charge in [0.1, 0.15) is 6.61 Å². The lowest BCUT2D eigenvalue weighted by Crippen LogP contribution is -2.62. The van der Waals surface area contributed by atoms with Gasteiger partial charge in [-0.3, -0.25) is 0 Å². The van der Waals surface area contributed by atoms with Crippen molar-refractivity contribution >= 4 is 35.4 Å². The van der Waals surface area contributed by atoms with Gasteiger partial charge in [-0.25, -0.2) is 4.98 Å². The number of allylic oxidation sites excluding steroid dienone is 1. The zero-order valence-corrected chi connectivity index (χ0v) is 22.4. The summed E-state index contributed by atoms with van der Waals surface area (Å²) < 4.78 is 6.39. The van der Waals surface area contributed by atoms with E-state index >= 15 is 0 Å². The quantitative estimate of drug-likeness (QED) is 0.323. The van der Waals surface area contributed by atoms with E-state index in [1.165, 1.54) is 39.7 Å². The highest BCUT2D eigenvalue weighted by Crippen LogP contribution is 2.66. The van der Waals surface area contributed by atoms with E-state index in [9.17, 15) is 0 Å². The summed E-state index contributed by atoms with van der Waals surface area (Å²) in [5.41, 5.74) is 2.57. The van der Waals surface area contributed by atoms with Gasteiger partial charge in [-0.15, -0.1) is 11.8 Å². The van der Waals surface area contributed by atoms with Crippen molar-refractivity contribution in [3.05, 3.63) is 90.0 Å². The van der Waals surface area contributed by atoms with Crippen LogP contribution in [0.2, 0.25) is 0 Å². The molecule has 4 aliphatic rings. The van der Waals surface area contributed by atoms with Crippen LogP contribution in [0, 0.1) is 11.8 Å². The summed E-state index contributed by atoms with van der Waals surface area (Å²) in [5, 5.41) is 3.81. The Kier molecular flexibility index (Phi) is 6.15. The van der Waals surface area contributed by atoms with Gasteiger partial charge in [0.05, 0.1) is 6.04 Å². The van der Waals surface area contributed by atoms with Crippen molar-refractivity contribution in [3.8, 4) is 5.88 Å². The minimum atomic E-state index is -0.277. The van der Waals surface area contributed by atoms with E-state index in [1.807, 2.05) is 24.0 Å². The van der Waals surface area contributed by atoms with Gasteiger partial charge in [-0.2, -0.15) is 0 Å². The molecule has 4 unspecified atom stereocenters. The maximum atomic E-state index is 6.39. The predicted molar refractivity (Wildman–Crippen MR) is 151 cm³/mol. The Hall–Kier alpha value is -2.29. The largest absolute Gasteiger partial charge is 0.475 e. The van der Waals surface area contributed by atoms with E-state index in [0.29, 0.717) is 35.5 Å². The molecule has 35 heavy (non-hydrogen) atoms. The van der Waals surface area contributed by atoms with Crippen LogP contribution in [-0.2, 0) is 0 Å². The number of piperidine rings is 2. The van der Waals surface area contributed by atoms with Crippen molar-refractivity contribution in [1.29, 1.82) is 0 Å². The fraction of sp³-hybridized carbons (Fsp3) is 0.367. The molecule has 0 N–H and O–H groups in total. The standard InChI is InChI=1S/C30H33N2OPS/c1-19-25-14-26(15-25)32(27(19)18-33-28-16-23-12-8-9-13-24(23)17-31-28)20(2)29-30(35-21(3)34(29)4)22-10-6-5-7-11-22/h5-13,16-17,19,21,25-27H,2,14-15,18H2,1,3-4H3. The van der Waals surface area contributed by atoms with Gasteiger partial charge >= 0.3 is 0 Å². The number of thioether (sulfide) groups is 1. The fourth-order valence-corrected chi connectivity index (χ4v) is 10.0. The number of benzene rings is 2. The summed E-state index contributed by atoms with van der Waals surface area (Å²) in [5.74, 6) is 2.09. The molecule has 3 nitrogen and oxygen atoms in total. The average molecular weight is 501 g/mol. The Morgan fingerprint density at radius 1 is 1.09 bits per heavy atom. The first kappa shape index (κ1) is 23.1. The summed E-state index contributed by atoms with van der Waals surface area (Å²) in [4.78, 5) is 9.29. The summed E-state index contributed by atoms with van der Waals surface area (Å²) in [7, 11) is -0.277. The predicted octanol–water partition coefficient (Wildman–Crippen LogP) is 7.80. The molecule has 1 aromatic heterocycles. The second-order valence-electron chi connectivity index (χ2n) is 10.2. The summed E-state index contributed by atoms with van der Waals surface area (Å²) in [6.45, 7) is 12.7. The second-order valence-corrected chi connectivity index (χ2v) is 14.4. The Morgan fingerprint density at radius 2 is 1.80 bits per heavy atom. The van der Waals surface area contributed by atoms with Gasteiger partial charge in [-0.05, 0) is 49.2 Å². The number of hydrogen-bond donors (Lipinski definition) is 0. The van der Waals surface area contributed by atoms with E-state index in [4.69, 9.17) is 11.3 Å². The SMILES string of the molecule is C=C(C1=C(c2ccccc2)SC(C)P1C)N1C2CC(C2)C(C)C1COc1cc2ccccc2cn1. The third-order valence-electron chi connectivity index (χ3n) is 8.28. The molecule has 4 heterocycles. The molecular weight excluding hydrogens is 467 g/mol. The zero-order valence-electron chi connectivity index (χ0n) is 20.7. The molecule has 3 aromatic rings. The Bertz CT molecular complexity index is 1290. The maximum absolute atomic E-state index is 6.39. The van der Waals surface area contributed by atoms with Crippen LogP contribution in [-0.4, -0.2) is 40.2 Å². The summed E-state index contributed by atoms with van der Waals surface area (Å²) >= 11 is 2.03. The highest BCUT2D eigenvalue weighted by Gasteiger charge is 2.50. The van der Waals surface area contributed by atoms with Gasteiger partial charge in [0.25, 0.3) is 0 Å². The smallest absolute Gasteiger partial charge is 0.213 e. The monoisotopic (exact) mass is 500 g/mol. The minimum Gasteiger partial charge on any atom is -0.475 e. The lowest BCUT2D eigenvalue weighted by molar-refractivity contribution is -0.0651. The van der Waals surface area contributed by atoms with Gasteiger partial charge in [0.15, 0.2) is 0 Å². The molecule has 2 saturated heterocycles. The van der Waals surface area contributed by atoms with Gasteiger partial charge in [-0.1, -0.05) is 76.0 Å². The van der Waals surface area contributed by atoms with Crippen molar-refractivity contribution in [1.82, 2.24) is 9.88 Å². The summed E-state index contributed by atoms with van der Waals surface area (Å²) in [6.07, 6.45) is 4.48. The van der Waals surface area contributed by atoms with Gasteiger partial charge in [0.2, 0.25) is 5.88 Å². The van der Waals surface area contributed by atoms with Crippen LogP contribution in [0.25, 0.3) is 15.7 Å². The van der Waals surface area contributed by atoms with Crippen LogP contribution in [0.3, 0.4) is 0 Å². The van der Waals surface area contributed by atoms with Gasteiger partial charge < -0.3 is 9.64 Å². The molecule has 180 valence electrons. The normalized spacial score (nSPS) is 29.9. The first-order valence-corrected chi connectivity index (χ1v) is 15.4. The van der Waals surface area contributed by atoms with Crippen LogP contribution < -0.4 is 4.74 Å². The van der Waals surface area contributed by atoms with E-state index in [-0.39, 0.29) is 7.92 Å². The third-order valence-corrected chi connectivity index (χ3v) is 13.0. The third kappa shape index (κ3) is 4.09. The number of aromatic nitrogens is 1. The lowest BCUT2D eigenvalue weighted by Gasteiger charge is -2.59. The first-order valence-electron chi connectivity index (χ1n) is 12.7.